The molecular weight excluding hydrogens is 460 g/mol. The molecule has 2 amide bonds. The van der Waals surface area contributed by atoms with Crippen LogP contribution in [0.5, 0.6) is 0 Å². The first-order valence-corrected chi connectivity index (χ1v) is 12.1. The van der Waals surface area contributed by atoms with Crippen LogP contribution in [0.2, 0.25) is 0 Å². The van der Waals surface area contributed by atoms with Crippen molar-refractivity contribution < 1.29 is 24.2 Å². The highest BCUT2D eigenvalue weighted by Crippen LogP contribution is 2.20. The molecule has 1 aliphatic heterocycles. The van der Waals surface area contributed by atoms with Crippen LogP contribution in [0.25, 0.3) is 11.1 Å². The van der Waals surface area contributed by atoms with Crippen LogP contribution >= 0.6 is 0 Å². The number of nitrogens with zero attached hydrogens (tertiary/aromatic N) is 2. The van der Waals surface area contributed by atoms with Crippen molar-refractivity contribution in [2.75, 3.05) is 19.7 Å². The van der Waals surface area contributed by atoms with Gasteiger partial charge in [0.2, 0.25) is 0 Å². The van der Waals surface area contributed by atoms with Crippen molar-refractivity contribution in [2.45, 2.75) is 38.3 Å². The van der Waals surface area contributed by atoms with Gasteiger partial charge in [-0.15, -0.1) is 0 Å². The number of esters is 1. The van der Waals surface area contributed by atoms with Gasteiger partial charge in [0.25, 0.3) is 11.8 Å². The number of aliphatic hydroxyl groups is 1. The number of rotatable bonds is 10. The molecule has 0 bridgehead atoms. The molecule has 1 fully saturated rings. The molecule has 188 valence electrons. The zero-order valence-electron chi connectivity index (χ0n) is 20.1. The Balaban J connectivity index is 1.46. The highest BCUT2D eigenvalue weighted by atomic mass is 16.5. The molecule has 1 aromatic heterocycles. The summed E-state index contributed by atoms with van der Waals surface area (Å²) >= 11 is 0. The van der Waals surface area contributed by atoms with E-state index in [9.17, 15) is 19.5 Å². The maximum atomic E-state index is 12.9. The maximum absolute atomic E-state index is 12.9. The predicted molar refractivity (Wildman–Crippen MR) is 133 cm³/mol. The van der Waals surface area contributed by atoms with E-state index in [1.165, 1.54) is 6.07 Å². The van der Waals surface area contributed by atoms with Gasteiger partial charge in [0.1, 0.15) is 5.69 Å². The van der Waals surface area contributed by atoms with Crippen molar-refractivity contribution in [1.82, 2.24) is 20.4 Å². The number of aliphatic hydroxyl groups excluding tert-OH is 1. The van der Waals surface area contributed by atoms with Crippen LogP contribution < -0.4 is 5.32 Å². The molecule has 9 heteroatoms. The summed E-state index contributed by atoms with van der Waals surface area (Å²) in [5, 5.41) is 19.8. The molecule has 1 saturated heterocycles. The molecule has 2 heterocycles. The van der Waals surface area contributed by atoms with Crippen LogP contribution in [0, 0.1) is 0 Å². The zero-order valence-corrected chi connectivity index (χ0v) is 20.1. The lowest BCUT2D eigenvalue weighted by molar-refractivity contribution is -0.153. The van der Waals surface area contributed by atoms with Gasteiger partial charge in [-0.25, -0.2) is 4.79 Å². The Hall–Kier alpha value is -3.98. The van der Waals surface area contributed by atoms with Crippen LogP contribution in [0.15, 0.2) is 60.7 Å². The highest BCUT2D eigenvalue weighted by molar-refractivity contribution is 5.98. The Morgan fingerprint density at radius 2 is 1.78 bits per heavy atom. The number of carbonyl (C=O) groups is 3. The summed E-state index contributed by atoms with van der Waals surface area (Å²) < 4.78 is 4.92. The molecule has 2 atom stereocenters. The van der Waals surface area contributed by atoms with Crippen molar-refractivity contribution in [2.24, 2.45) is 0 Å². The first-order valence-electron chi connectivity index (χ1n) is 12.1. The Kier molecular flexibility index (Phi) is 8.12. The minimum Gasteiger partial charge on any atom is -0.464 e. The molecule has 0 unspecified atom stereocenters. The fourth-order valence-corrected chi connectivity index (χ4v) is 4.04. The molecule has 36 heavy (non-hydrogen) atoms. The first-order chi connectivity index (χ1) is 17.4. The Labute approximate surface area is 209 Å². The Morgan fingerprint density at radius 1 is 1.08 bits per heavy atom. The molecule has 0 radical (unpaired) electrons. The Bertz CT molecular complexity index is 1190. The second-order valence-electron chi connectivity index (χ2n) is 8.75. The van der Waals surface area contributed by atoms with Crippen LogP contribution in [0.3, 0.4) is 0 Å². The van der Waals surface area contributed by atoms with E-state index < -0.39 is 24.0 Å². The van der Waals surface area contributed by atoms with E-state index in [0.717, 1.165) is 23.1 Å². The summed E-state index contributed by atoms with van der Waals surface area (Å²) in [7, 11) is 0. The molecule has 0 aliphatic carbocycles. The van der Waals surface area contributed by atoms with Crippen LogP contribution in [-0.2, 0) is 16.0 Å². The lowest BCUT2D eigenvalue weighted by Gasteiger charge is -2.29. The standard InChI is InChI=1S/C27H30N4O5/c1-2-36-27(35)24(32)16-21(15-18-9-11-20(12-10-18)19-7-4-3-5-8-19)28-25(33)22-17-23(30-29-22)26(34)31-13-6-14-31/h3-5,7-12,17,21,24,32H,2,6,13-16H2,1H3,(H,28,33)(H,29,30)/t21-,24-/m1/s1. The van der Waals surface area contributed by atoms with Gasteiger partial charge in [-0.3, -0.25) is 14.7 Å². The van der Waals surface area contributed by atoms with Crippen LogP contribution in [0.1, 0.15) is 46.3 Å². The minimum atomic E-state index is -1.39. The minimum absolute atomic E-state index is 0.0291. The van der Waals surface area contributed by atoms with Crippen molar-refractivity contribution in [3.8, 4) is 11.1 Å². The van der Waals surface area contributed by atoms with Crippen molar-refractivity contribution >= 4 is 17.8 Å². The third kappa shape index (κ3) is 6.17. The molecule has 0 spiro atoms. The quantitative estimate of drug-likeness (QED) is 0.375. The SMILES string of the molecule is CCOC(=O)[C@H](O)C[C@@H](Cc1ccc(-c2ccccc2)cc1)NC(=O)c1cc(C(=O)N2CCC2)n[nH]1. The number of nitrogens with one attached hydrogen (secondary N) is 2. The van der Waals surface area contributed by atoms with Gasteiger partial charge in [-0.05, 0) is 36.5 Å². The fourth-order valence-electron chi connectivity index (χ4n) is 4.04. The number of amides is 2. The number of hydrogen-bond acceptors (Lipinski definition) is 6. The summed E-state index contributed by atoms with van der Waals surface area (Å²) in [6.07, 6.45) is -0.0755. The first kappa shape index (κ1) is 25.1. The summed E-state index contributed by atoms with van der Waals surface area (Å²) in [6.45, 7) is 3.18. The van der Waals surface area contributed by atoms with E-state index in [-0.39, 0.29) is 30.3 Å². The van der Waals surface area contributed by atoms with E-state index >= 15 is 0 Å². The van der Waals surface area contributed by atoms with Gasteiger partial charge in [0, 0.05) is 31.6 Å². The lowest BCUT2D eigenvalue weighted by atomic mass is 9.97. The zero-order chi connectivity index (χ0) is 25.5. The van der Waals surface area contributed by atoms with Gasteiger partial charge in [-0.2, -0.15) is 5.10 Å². The number of ether oxygens (including phenoxy) is 1. The number of aromatic nitrogens is 2. The number of aromatic amines is 1. The molecule has 2 aromatic carbocycles. The number of benzene rings is 2. The molecule has 4 rings (SSSR count). The van der Waals surface area contributed by atoms with E-state index in [0.29, 0.717) is 19.5 Å². The van der Waals surface area contributed by atoms with Gasteiger partial charge >= 0.3 is 5.97 Å². The van der Waals surface area contributed by atoms with Gasteiger partial charge in [0.05, 0.1) is 6.61 Å². The van der Waals surface area contributed by atoms with Gasteiger partial charge in [-0.1, -0.05) is 54.6 Å². The second-order valence-corrected chi connectivity index (χ2v) is 8.75. The lowest BCUT2D eigenvalue weighted by Crippen LogP contribution is -2.42. The maximum Gasteiger partial charge on any atom is 0.335 e. The summed E-state index contributed by atoms with van der Waals surface area (Å²) in [6, 6.07) is 18.7. The molecular formula is C27H30N4O5. The summed E-state index contributed by atoms with van der Waals surface area (Å²) in [4.78, 5) is 39.0. The molecule has 3 aromatic rings. The molecule has 0 saturated carbocycles. The number of carbonyl (C=O) groups excluding carboxylic acids is 3. The van der Waals surface area contributed by atoms with E-state index in [4.69, 9.17) is 4.74 Å². The normalized spacial score (nSPS) is 14.4. The van der Waals surface area contributed by atoms with Crippen molar-refractivity contribution in [3.63, 3.8) is 0 Å². The average molecular weight is 491 g/mol. The van der Waals surface area contributed by atoms with Crippen LogP contribution in [0.4, 0.5) is 0 Å². The molecule has 9 nitrogen and oxygen atoms in total. The third-order valence-electron chi connectivity index (χ3n) is 6.13. The van der Waals surface area contributed by atoms with Crippen molar-refractivity contribution in [1.29, 1.82) is 0 Å². The predicted octanol–water partition coefficient (Wildman–Crippen LogP) is 2.58. The average Bonchev–Trinajstić information content (AvgIpc) is 3.35. The highest BCUT2D eigenvalue weighted by Gasteiger charge is 2.27. The number of likely N-dealkylation sites (tertiary alicyclic amines) is 1. The molecule has 1 aliphatic rings. The summed E-state index contributed by atoms with van der Waals surface area (Å²) in [5.41, 5.74) is 3.39. The topological polar surface area (TPSA) is 125 Å². The van der Waals surface area contributed by atoms with Gasteiger partial charge < -0.3 is 20.1 Å². The summed E-state index contributed by atoms with van der Waals surface area (Å²) in [5.74, 6) is -1.43. The largest absolute Gasteiger partial charge is 0.464 e. The monoisotopic (exact) mass is 490 g/mol. The third-order valence-corrected chi connectivity index (χ3v) is 6.13. The number of H-pyrrole nitrogens is 1. The van der Waals surface area contributed by atoms with Crippen LogP contribution in [-0.4, -0.2) is 69.8 Å². The van der Waals surface area contributed by atoms with E-state index in [1.54, 1.807) is 11.8 Å². The number of hydrogen-bond donors (Lipinski definition) is 3. The second kappa shape index (κ2) is 11.6. The Morgan fingerprint density at radius 3 is 2.42 bits per heavy atom. The van der Waals surface area contributed by atoms with Crippen molar-refractivity contribution in [3.05, 3.63) is 77.6 Å². The van der Waals surface area contributed by atoms with E-state index in [2.05, 4.69) is 15.5 Å². The van der Waals surface area contributed by atoms with Gasteiger partial charge in [0.15, 0.2) is 11.8 Å². The van der Waals surface area contributed by atoms with E-state index in [1.807, 2.05) is 54.6 Å². The fraction of sp³-hybridized carbons (Fsp3) is 0.333. The smallest absolute Gasteiger partial charge is 0.335 e. The molecule has 3 N–H and O–H groups in total.